The molecule has 0 bridgehead atoms. The van der Waals surface area contributed by atoms with Gasteiger partial charge in [-0.15, -0.1) is 11.3 Å². The van der Waals surface area contributed by atoms with E-state index in [9.17, 15) is 0 Å². The van der Waals surface area contributed by atoms with E-state index in [0.717, 1.165) is 6.54 Å². The molecule has 3 heteroatoms. The second-order valence-electron chi connectivity index (χ2n) is 4.54. The van der Waals surface area contributed by atoms with Crippen LogP contribution in [0.1, 0.15) is 35.2 Å². The van der Waals surface area contributed by atoms with Crippen molar-refractivity contribution in [3.8, 4) is 0 Å². The van der Waals surface area contributed by atoms with Crippen LogP contribution in [0.2, 0.25) is 0 Å². The van der Waals surface area contributed by atoms with Crippen LogP contribution in [0.25, 0.3) is 0 Å². The van der Waals surface area contributed by atoms with Crippen LogP contribution in [0.5, 0.6) is 0 Å². The van der Waals surface area contributed by atoms with Crippen LogP contribution in [0, 0.1) is 19.8 Å². The smallest absolute Gasteiger partial charge is 0.0354 e. The molecule has 0 saturated heterocycles. The Bertz CT molecular complexity index is 318. The number of hydrogen-bond acceptors (Lipinski definition) is 3. The molecule has 1 aromatic rings. The summed E-state index contributed by atoms with van der Waals surface area (Å²) < 4.78 is 0. The average molecular weight is 257 g/mol. The molecule has 1 nitrogen and oxygen atoms in total. The van der Waals surface area contributed by atoms with E-state index in [4.69, 9.17) is 0 Å². The van der Waals surface area contributed by atoms with Gasteiger partial charge in [-0.2, -0.15) is 11.8 Å². The Labute approximate surface area is 108 Å². The molecule has 0 spiro atoms. The number of aryl methyl sites for hydroxylation is 2. The zero-order chi connectivity index (χ0) is 12.1. The molecule has 1 heterocycles. The van der Waals surface area contributed by atoms with Gasteiger partial charge in [0.15, 0.2) is 0 Å². The van der Waals surface area contributed by atoms with Crippen molar-refractivity contribution in [2.45, 2.75) is 33.7 Å². The van der Waals surface area contributed by atoms with E-state index in [-0.39, 0.29) is 0 Å². The van der Waals surface area contributed by atoms with E-state index >= 15 is 0 Å². The topological polar surface area (TPSA) is 12.0 Å². The highest BCUT2D eigenvalue weighted by Gasteiger charge is 2.18. The number of rotatable bonds is 6. The van der Waals surface area contributed by atoms with Gasteiger partial charge in [0.2, 0.25) is 0 Å². The summed E-state index contributed by atoms with van der Waals surface area (Å²) in [6.45, 7) is 10.1. The molecular weight excluding hydrogens is 234 g/mol. The number of thiophene rings is 1. The summed E-state index contributed by atoms with van der Waals surface area (Å²) in [5.41, 5.74) is 1.50. The van der Waals surface area contributed by atoms with Crippen LogP contribution < -0.4 is 5.32 Å². The molecule has 1 unspecified atom stereocenters. The molecule has 0 aliphatic heterocycles. The molecule has 1 atom stereocenters. The lowest BCUT2D eigenvalue weighted by Gasteiger charge is -2.22. The SMILES string of the molecule is CSCCNC(c1cc(C)sc1C)C(C)C. The summed E-state index contributed by atoms with van der Waals surface area (Å²) >= 11 is 3.81. The number of nitrogens with one attached hydrogen (secondary N) is 1. The first-order chi connectivity index (χ1) is 7.56. The first kappa shape index (κ1) is 14.1. The van der Waals surface area contributed by atoms with Crippen LogP contribution in [0.4, 0.5) is 0 Å². The molecule has 1 N–H and O–H groups in total. The molecule has 0 aliphatic carbocycles. The van der Waals surface area contributed by atoms with E-state index in [2.05, 4.69) is 45.3 Å². The van der Waals surface area contributed by atoms with E-state index < -0.39 is 0 Å². The average Bonchev–Trinajstić information content (AvgIpc) is 2.52. The van der Waals surface area contributed by atoms with Crippen LogP contribution in [-0.2, 0) is 0 Å². The highest BCUT2D eigenvalue weighted by Crippen LogP contribution is 2.30. The van der Waals surface area contributed by atoms with E-state index in [1.807, 2.05) is 23.1 Å². The van der Waals surface area contributed by atoms with Crippen molar-refractivity contribution in [2.75, 3.05) is 18.6 Å². The lowest BCUT2D eigenvalue weighted by Crippen LogP contribution is -2.27. The molecule has 92 valence electrons. The Morgan fingerprint density at radius 3 is 2.50 bits per heavy atom. The molecule has 16 heavy (non-hydrogen) atoms. The van der Waals surface area contributed by atoms with Gasteiger partial charge in [0, 0.05) is 28.1 Å². The van der Waals surface area contributed by atoms with Crippen molar-refractivity contribution in [1.82, 2.24) is 5.32 Å². The van der Waals surface area contributed by atoms with Crippen LogP contribution in [0.15, 0.2) is 6.07 Å². The summed E-state index contributed by atoms with van der Waals surface area (Å²) in [6.07, 6.45) is 2.16. The lowest BCUT2D eigenvalue weighted by molar-refractivity contribution is 0.422. The molecule has 0 aromatic carbocycles. The van der Waals surface area contributed by atoms with Crippen molar-refractivity contribution >= 4 is 23.1 Å². The van der Waals surface area contributed by atoms with Gasteiger partial charge >= 0.3 is 0 Å². The minimum atomic E-state index is 0.511. The van der Waals surface area contributed by atoms with Crippen molar-refractivity contribution in [3.63, 3.8) is 0 Å². The molecular formula is C13H23NS2. The highest BCUT2D eigenvalue weighted by atomic mass is 32.2. The predicted molar refractivity (Wildman–Crippen MR) is 77.8 cm³/mol. The Balaban J connectivity index is 2.73. The lowest BCUT2D eigenvalue weighted by atomic mass is 9.96. The quantitative estimate of drug-likeness (QED) is 0.773. The van der Waals surface area contributed by atoms with Gasteiger partial charge in [-0.05, 0) is 37.7 Å². The zero-order valence-corrected chi connectivity index (χ0v) is 12.6. The summed E-state index contributed by atoms with van der Waals surface area (Å²) in [7, 11) is 0. The van der Waals surface area contributed by atoms with Crippen LogP contribution in [0.3, 0.4) is 0 Å². The summed E-state index contributed by atoms with van der Waals surface area (Å²) in [5.74, 6) is 1.83. The normalized spacial score (nSPS) is 13.4. The van der Waals surface area contributed by atoms with Gasteiger partial charge in [0.25, 0.3) is 0 Å². The third kappa shape index (κ3) is 3.79. The van der Waals surface area contributed by atoms with E-state index in [0.29, 0.717) is 12.0 Å². The molecule has 0 saturated carbocycles. The van der Waals surface area contributed by atoms with Gasteiger partial charge in [-0.1, -0.05) is 13.8 Å². The zero-order valence-electron chi connectivity index (χ0n) is 11.0. The fourth-order valence-electron chi connectivity index (χ4n) is 1.98. The van der Waals surface area contributed by atoms with Crippen LogP contribution >= 0.6 is 23.1 Å². The van der Waals surface area contributed by atoms with Gasteiger partial charge < -0.3 is 5.32 Å². The fourth-order valence-corrected chi connectivity index (χ4v) is 3.28. The highest BCUT2D eigenvalue weighted by molar-refractivity contribution is 7.98. The summed E-state index contributed by atoms with van der Waals surface area (Å²) in [4.78, 5) is 2.89. The van der Waals surface area contributed by atoms with Gasteiger partial charge in [-0.25, -0.2) is 0 Å². The molecule has 0 fully saturated rings. The maximum atomic E-state index is 3.68. The van der Waals surface area contributed by atoms with E-state index in [1.165, 1.54) is 21.1 Å². The maximum absolute atomic E-state index is 3.68. The van der Waals surface area contributed by atoms with Gasteiger partial charge in [0.05, 0.1) is 0 Å². The van der Waals surface area contributed by atoms with Crippen molar-refractivity contribution in [2.24, 2.45) is 5.92 Å². The predicted octanol–water partition coefficient (Wildman–Crippen LogP) is 4.01. The Morgan fingerprint density at radius 1 is 1.38 bits per heavy atom. The minimum absolute atomic E-state index is 0.511. The minimum Gasteiger partial charge on any atom is -0.309 e. The van der Waals surface area contributed by atoms with Gasteiger partial charge in [-0.3, -0.25) is 0 Å². The Hall–Kier alpha value is 0.01000. The first-order valence-electron chi connectivity index (χ1n) is 5.85. The molecule has 1 aromatic heterocycles. The summed E-state index contributed by atoms with van der Waals surface area (Å²) in [6, 6.07) is 2.86. The van der Waals surface area contributed by atoms with E-state index in [1.54, 1.807) is 0 Å². The number of thioether (sulfide) groups is 1. The maximum Gasteiger partial charge on any atom is 0.0354 e. The third-order valence-corrected chi connectivity index (χ3v) is 4.35. The Morgan fingerprint density at radius 2 is 2.06 bits per heavy atom. The molecule has 0 aliphatic rings. The molecule has 0 amide bonds. The third-order valence-electron chi connectivity index (χ3n) is 2.75. The standard InChI is InChI=1S/C13H23NS2/c1-9(2)13(14-6-7-15-5)12-8-10(3)16-11(12)4/h8-9,13-14H,6-7H2,1-5H3. The van der Waals surface area contributed by atoms with Crippen molar-refractivity contribution in [3.05, 3.63) is 21.4 Å². The molecule has 1 rings (SSSR count). The second kappa shape index (κ2) is 6.67. The second-order valence-corrected chi connectivity index (χ2v) is 6.98. The first-order valence-corrected chi connectivity index (χ1v) is 8.06. The van der Waals surface area contributed by atoms with Crippen LogP contribution in [-0.4, -0.2) is 18.6 Å². The monoisotopic (exact) mass is 257 g/mol. The van der Waals surface area contributed by atoms with Gasteiger partial charge in [0.1, 0.15) is 0 Å². The number of hydrogen-bond donors (Lipinski definition) is 1. The summed E-state index contributed by atoms with van der Waals surface area (Å²) in [5, 5.41) is 3.68. The van der Waals surface area contributed by atoms with Crippen molar-refractivity contribution < 1.29 is 0 Å². The molecule has 0 radical (unpaired) electrons. The fraction of sp³-hybridized carbons (Fsp3) is 0.692. The van der Waals surface area contributed by atoms with Crippen molar-refractivity contribution in [1.29, 1.82) is 0 Å². The largest absolute Gasteiger partial charge is 0.309 e. The Kier molecular flexibility index (Phi) is 5.87.